The molecule has 0 aliphatic heterocycles. The number of allylic oxidation sites excluding steroid dienone is 1. The molecule has 0 N–H and O–H groups in total. The summed E-state index contributed by atoms with van der Waals surface area (Å²) in [6, 6.07) is 15.7. The molecule has 4 unspecified atom stereocenters. The highest BCUT2D eigenvalue weighted by molar-refractivity contribution is 5.94. The number of rotatable bonds is 11. The van der Waals surface area contributed by atoms with Crippen LogP contribution in [0.15, 0.2) is 85.0 Å². The van der Waals surface area contributed by atoms with E-state index in [-0.39, 0.29) is 23.1 Å². The van der Waals surface area contributed by atoms with Gasteiger partial charge >= 0.3 is 35.8 Å². The molecule has 1 saturated carbocycles. The molecule has 60 heavy (non-hydrogen) atoms. The van der Waals surface area contributed by atoms with Crippen molar-refractivity contribution in [2.24, 2.45) is 35.0 Å². The van der Waals surface area contributed by atoms with Crippen molar-refractivity contribution in [1.29, 1.82) is 0 Å². The third kappa shape index (κ3) is 11.0. The Bertz CT molecular complexity index is 2000. The van der Waals surface area contributed by atoms with Gasteiger partial charge in [-0.1, -0.05) is 89.7 Å². The van der Waals surface area contributed by atoms with Gasteiger partial charge in [0.05, 0.1) is 23.0 Å². The largest absolute Gasteiger partial charge is 0.459 e. The Balaban J connectivity index is 2.06. The average Bonchev–Trinajstić information content (AvgIpc) is 3.49. The Labute approximate surface area is 349 Å². The fraction of sp³-hybridized carbons (Fsp3) is 0.478. The van der Waals surface area contributed by atoms with Gasteiger partial charge in [0.25, 0.3) is 0 Å². The number of esters is 6. The van der Waals surface area contributed by atoms with Crippen LogP contribution in [0.2, 0.25) is 0 Å². The minimum atomic E-state index is -1.79. The Hall–Kier alpha value is -5.92. The second-order valence-electron chi connectivity index (χ2n) is 16.4. The van der Waals surface area contributed by atoms with Crippen molar-refractivity contribution in [1.82, 2.24) is 0 Å². The molecule has 14 nitrogen and oxygen atoms in total. The normalized spacial score (nSPS) is 28.1. The number of hydrogen-bond donors (Lipinski definition) is 0. The molecule has 9 atom stereocenters. The van der Waals surface area contributed by atoms with Crippen LogP contribution < -0.4 is 0 Å². The minimum Gasteiger partial charge on any atom is -0.459 e. The van der Waals surface area contributed by atoms with E-state index < -0.39 is 119 Å². The van der Waals surface area contributed by atoms with Crippen molar-refractivity contribution in [3.05, 3.63) is 96.1 Å². The molecule has 0 amide bonds. The van der Waals surface area contributed by atoms with Crippen LogP contribution in [0.3, 0.4) is 0 Å². The van der Waals surface area contributed by atoms with E-state index in [9.17, 15) is 38.4 Å². The first-order valence-electron chi connectivity index (χ1n) is 19.7. The van der Waals surface area contributed by atoms with E-state index in [1.165, 1.54) is 31.2 Å². The van der Waals surface area contributed by atoms with Gasteiger partial charge in [0, 0.05) is 49.5 Å². The summed E-state index contributed by atoms with van der Waals surface area (Å²) >= 11 is 0. The molecule has 0 spiro atoms. The zero-order chi connectivity index (χ0) is 44.7. The number of carbonyl (C=O) groups excluding carboxylic acids is 8. The van der Waals surface area contributed by atoms with Gasteiger partial charge in [0.15, 0.2) is 30.7 Å². The SMILES string of the molecule is C=C1C(OC(=O)C(C)C)C2C(C[C@](C)(OC(C)=O)[C@H]2C(=O)COC(=O)c2ccccc2)C(=O)[C@H](C)/C=C\C(C)(C)C(OC(C)=O)[C@@H](OC(C)=O)[C@@H]1OC(=O)c1ccccc1. The number of hydrogen-bond acceptors (Lipinski definition) is 14. The van der Waals surface area contributed by atoms with Gasteiger partial charge in [-0.15, -0.1) is 0 Å². The van der Waals surface area contributed by atoms with Crippen molar-refractivity contribution in [3.8, 4) is 0 Å². The third-order valence-electron chi connectivity index (χ3n) is 10.8. The van der Waals surface area contributed by atoms with Gasteiger partial charge in [-0.2, -0.15) is 0 Å². The van der Waals surface area contributed by atoms with Crippen LogP contribution in [0.1, 0.15) is 89.5 Å². The Morgan fingerprint density at radius 3 is 1.82 bits per heavy atom. The predicted octanol–water partition coefficient (Wildman–Crippen LogP) is 6.00. The molecule has 2 aliphatic carbocycles. The second kappa shape index (κ2) is 19.4. The lowest BCUT2D eigenvalue weighted by Crippen LogP contribution is -2.55. The van der Waals surface area contributed by atoms with Crippen LogP contribution in [0, 0.1) is 35.0 Å². The Kier molecular flexibility index (Phi) is 15.1. The minimum absolute atomic E-state index is 0.0652. The standard InChI is InChI=1S/C46H54O14/c1-25(2)42(52)58-38-27(4)39(59-44(54)32-19-15-12-16-20-32)40(56-28(5)47)41(57-29(6)48)45(8,9)22-21-26(3)37(51)33-23-46(10,60-30(7)49)36(35(33)38)34(50)24-55-43(53)31-17-13-11-14-18-31/h11-22,25-26,33,35-36,38-41H,4,23-24H2,1-3,5-10H3/b22-21-/t26-,33?,35?,36+,38?,39-,40+,41?,46+/m1/s1. The van der Waals surface area contributed by atoms with E-state index in [0.29, 0.717) is 0 Å². The van der Waals surface area contributed by atoms with Crippen molar-refractivity contribution in [2.45, 2.75) is 98.8 Å². The molecule has 0 heterocycles. The maximum atomic E-state index is 14.8. The molecule has 2 aliphatic rings. The Morgan fingerprint density at radius 2 is 1.30 bits per heavy atom. The fourth-order valence-corrected chi connectivity index (χ4v) is 8.04. The zero-order valence-electron chi connectivity index (χ0n) is 35.5. The smallest absolute Gasteiger partial charge is 0.338 e. The van der Waals surface area contributed by atoms with Crippen LogP contribution in [0.25, 0.3) is 0 Å². The molecule has 2 aromatic carbocycles. The summed E-state index contributed by atoms with van der Waals surface area (Å²) in [7, 11) is 0. The maximum Gasteiger partial charge on any atom is 0.338 e. The van der Waals surface area contributed by atoms with Gasteiger partial charge in [-0.25, -0.2) is 9.59 Å². The maximum absolute atomic E-state index is 14.8. The van der Waals surface area contributed by atoms with Crippen LogP contribution in [-0.2, 0) is 57.2 Å². The van der Waals surface area contributed by atoms with Gasteiger partial charge in [-0.05, 0) is 37.6 Å². The van der Waals surface area contributed by atoms with Gasteiger partial charge in [-0.3, -0.25) is 28.8 Å². The molecule has 0 aromatic heterocycles. The highest BCUT2D eigenvalue weighted by Gasteiger charge is 2.63. The van der Waals surface area contributed by atoms with Crippen molar-refractivity contribution in [3.63, 3.8) is 0 Å². The number of benzene rings is 2. The van der Waals surface area contributed by atoms with Crippen molar-refractivity contribution in [2.75, 3.05) is 6.61 Å². The number of Topliss-reactive ketones (excluding diaryl/α,β-unsaturated/α-hetero) is 2. The summed E-state index contributed by atoms with van der Waals surface area (Å²) in [5.74, 6) is -12.1. The van der Waals surface area contributed by atoms with E-state index >= 15 is 0 Å². The summed E-state index contributed by atoms with van der Waals surface area (Å²) in [6.45, 7) is 16.3. The van der Waals surface area contributed by atoms with E-state index in [2.05, 4.69) is 6.58 Å². The van der Waals surface area contributed by atoms with Crippen LogP contribution in [0.5, 0.6) is 0 Å². The Morgan fingerprint density at radius 1 is 0.750 bits per heavy atom. The first-order valence-corrected chi connectivity index (χ1v) is 19.7. The zero-order valence-corrected chi connectivity index (χ0v) is 35.5. The topological polar surface area (TPSA) is 192 Å². The third-order valence-corrected chi connectivity index (χ3v) is 10.8. The van der Waals surface area contributed by atoms with E-state index in [1.54, 1.807) is 83.2 Å². The molecule has 0 saturated heterocycles. The molecular formula is C46H54O14. The first-order chi connectivity index (χ1) is 28.1. The highest BCUT2D eigenvalue weighted by Crippen LogP contribution is 2.53. The first kappa shape index (κ1) is 46.8. The van der Waals surface area contributed by atoms with Crippen molar-refractivity contribution >= 4 is 47.4 Å². The molecular weight excluding hydrogens is 776 g/mol. The molecule has 4 rings (SSSR count). The second-order valence-corrected chi connectivity index (χ2v) is 16.4. The quantitative estimate of drug-likeness (QED) is 0.145. The van der Waals surface area contributed by atoms with Crippen LogP contribution in [-0.4, -0.2) is 84.0 Å². The lowest BCUT2D eigenvalue weighted by atomic mass is 9.71. The summed E-state index contributed by atoms with van der Waals surface area (Å²) in [6.07, 6.45) is -3.67. The molecule has 0 bridgehead atoms. The number of fused-ring (bicyclic) bond motifs is 1. The number of carbonyl (C=O) groups is 8. The molecule has 0 radical (unpaired) electrons. The lowest BCUT2D eigenvalue weighted by molar-refractivity contribution is -0.183. The van der Waals surface area contributed by atoms with Gasteiger partial charge < -0.3 is 28.4 Å². The number of ether oxygens (including phenoxy) is 6. The van der Waals surface area contributed by atoms with E-state index in [4.69, 9.17) is 28.4 Å². The summed E-state index contributed by atoms with van der Waals surface area (Å²) in [5, 5.41) is 0. The average molecular weight is 831 g/mol. The van der Waals surface area contributed by atoms with E-state index in [0.717, 1.165) is 20.8 Å². The lowest BCUT2D eigenvalue weighted by Gasteiger charge is -2.43. The highest BCUT2D eigenvalue weighted by atomic mass is 16.6. The van der Waals surface area contributed by atoms with Gasteiger partial charge in [0.1, 0.15) is 17.5 Å². The fourth-order valence-electron chi connectivity index (χ4n) is 8.04. The van der Waals surface area contributed by atoms with Gasteiger partial charge in [0.2, 0.25) is 0 Å². The van der Waals surface area contributed by atoms with Crippen LogP contribution in [0.4, 0.5) is 0 Å². The predicted molar refractivity (Wildman–Crippen MR) is 215 cm³/mol. The summed E-state index contributed by atoms with van der Waals surface area (Å²) in [4.78, 5) is 109. The van der Waals surface area contributed by atoms with E-state index in [1.807, 2.05) is 0 Å². The monoisotopic (exact) mass is 830 g/mol. The van der Waals surface area contributed by atoms with Crippen molar-refractivity contribution < 1.29 is 66.8 Å². The number of ketones is 2. The summed E-state index contributed by atoms with van der Waals surface area (Å²) < 4.78 is 35.5. The molecule has 14 heteroatoms. The molecule has 322 valence electrons. The molecule has 2 aromatic rings. The molecule has 1 fully saturated rings. The van der Waals surface area contributed by atoms with Crippen LogP contribution >= 0.6 is 0 Å². The summed E-state index contributed by atoms with van der Waals surface area (Å²) in [5.41, 5.74) is -3.04.